The minimum absolute atomic E-state index is 0.133. The summed E-state index contributed by atoms with van der Waals surface area (Å²) in [5.41, 5.74) is 6.45. The molecule has 0 N–H and O–H groups in total. The van der Waals surface area contributed by atoms with Crippen LogP contribution in [0.15, 0.2) is 36.4 Å². The molecule has 0 aliphatic carbocycles. The molecule has 0 saturated carbocycles. The summed E-state index contributed by atoms with van der Waals surface area (Å²) in [6.45, 7) is 8.28. The van der Waals surface area contributed by atoms with Crippen LogP contribution in [-0.2, 0) is 16.0 Å². The fourth-order valence-corrected chi connectivity index (χ4v) is 7.70. The average Bonchev–Trinajstić information content (AvgIpc) is 3.80. The molecule has 3 saturated heterocycles. The summed E-state index contributed by atoms with van der Waals surface area (Å²) in [4.78, 5) is 24.7. The van der Waals surface area contributed by atoms with Crippen molar-refractivity contribution in [1.82, 2.24) is 19.5 Å². The lowest BCUT2D eigenvalue weighted by Gasteiger charge is -2.49. The minimum atomic E-state index is -0.328. The summed E-state index contributed by atoms with van der Waals surface area (Å²) >= 11 is 1.32. The van der Waals surface area contributed by atoms with Crippen molar-refractivity contribution in [3.05, 3.63) is 58.5 Å². The molecule has 43 heavy (non-hydrogen) atoms. The zero-order valence-electron chi connectivity index (χ0n) is 24.6. The quantitative estimate of drug-likeness (QED) is 0.296. The number of aromatic nitrogens is 3. The molecule has 9 nitrogen and oxygen atoms in total. The van der Waals surface area contributed by atoms with Crippen LogP contribution >= 0.6 is 11.3 Å². The van der Waals surface area contributed by atoms with Gasteiger partial charge in [0.25, 0.3) is 5.91 Å². The fourth-order valence-electron chi connectivity index (χ4n) is 6.84. The maximum atomic E-state index is 13.6. The first-order valence-electron chi connectivity index (χ1n) is 14.9. The summed E-state index contributed by atoms with van der Waals surface area (Å²) in [5, 5.41) is 15.5. The Morgan fingerprint density at radius 3 is 2.74 bits per heavy atom. The van der Waals surface area contributed by atoms with Gasteiger partial charge in [0, 0.05) is 62.2 Å². The molecule has 1 spiro atoms. The number of ether oxygens (including phenoxy) is 1. The number of carbonyl (C=O) groups is 1. The van der Waals surface area contributed by atoms with Gasteiger partial charge in [-0.1, -0.05) is 18.3 Å². The second-order valence-corrected chi connectivity index (χ2v) is 13.0. The monoisotopic (exact) mass is 599 g/mol. The number of fused-ring (bicyclic) bond motifs is 1. The molecule has 1 atom stereocenters. The summed E-state index contributed by atoms with van der Waals surface area (Å²) in [6.07, 6.45) is 3.30. The number of nitrogens with zero attached hydrogens (tertiary/aromatic N) is 7. The van der Waals surface area contributed by atoms with E-state index in [1.54, 1.807) is 12.1 Å². The number of nitriles is 1. The SMILES string of the molecule is CCc1nn2c(C)cc(N3CC4(CCN(C(=O)C5CCCO5)C4)C3)cc2c1N(C)c1nc(-c2ccc(F)cc2)c(C#N)s1. The third-order valence-electron chi connectivity index (χ3n) is 9.11. The number of carbonyl (C=O) groups excluding carboxylic acids is 1. The molecular weight excluding hydrogens is 565 g/mol. The van der Waals surface area contributed by atoms with Crippen LogP contribution in [-0.4, -0.2) is 71.3 Å². The highest BCUT2D eigenvalue weighted by molar-refractivity contribution is 7.16. The number of thiazole rings is 1. The van der Waals surface area contributed by atoms with E-state index < -0.39 is 0 Å². The summed E-state index contributed by atoms with van der Waals surface area (Å²) in [6, 6.07) is 12.7. The van der Waals surface area contributed by atoms with Crippen LogP contribution in [0.5, 0.6) is 0 Å². The molecule has 7 rings (SSSR count). The number of benzene rings is 1. The van der Waals surface area contributed by atoms with E-state index in [1.165, 1.54) is 23.5 Å². The number of halogens is 1. The third kappa shape index (κ3) is 4.73. The lowest BCUT2D eigenvalue weighted by molar-refractivity contribution is -0.140. The smallest absolute Gasteiger partial charge is 0.251 e. The van der Waals surface area contributed by atoms with Gasteiger partial charge in [0.1, 0.15) is 28.6 Å². The molecule has 0 radical (unpaired) electrons. The van der Waals surface area contributed by atoms with Crippen LogP contribution in [0.3, 0.4) is 0 Å². The molecule has 6 heterocycles. The largest absolute Gasteiger partial charge is 0.370 e. The second-order valence-electron chi connectivity index (χ2n) is 12.0. The van der Waals surface area contributed by atoms with Crippen molar-refractivity contribution in [2.45, 2.75) is 45.6 Å². The van der Waals surface area contributed by atoms with E-state index in [4.69, 9.17) is 14.8 Å². The van der Waals surface area contributed by atoms with Gasteiger partial charge in [0.05, 0.1) is 16.9 Å². The van der Waals surface area contributed by atoms with Crippen molar-refractivity contribution < 1.29 is 13.9 Å². The molecule has 222 valence electrons. The van der Waals surface area contributed by atoms with Gasteiger partial charge in [0.15, 0.2) is 5.13 Å². The Morgan fingerprint density at radius 2 is 2.05 bits per heavy atom. The number of hydrogen-bond donors (Lipinski definition) is 0. The minimum Gasteiger partial charge on any atom is -0.370 e. The van der Waals surface area contributed by atoms with Crippen molar-refractivity contribution in [3.8, 4) is 17.3 Å². The summed E-state index contributed by atoms with van der Waals surface area (Å²) < 4.78 is 21.2. The Balaban J connectivity index is 1.17. The Bertz CT molecular complexity index is 1750. The Hall–Kier alpha value is -4.01. The van der Waals surface area contributed by atoms with E-state index in [9.17, 15) is 14.4 Å². The van der Waals surface area contributed by atoms with Gasteiger partial charge in [-0.05, 0) is 69.0 Å². The highest BCUT2D eigenvalue weighted by Gasteiger charge is 2.49. The third-order valence-corrected chi connectivity index (χ3v) is 10.1. The molecule has 1 amide bonds. The Morgan fingerprint density at radius 1 is 1.26 bits per heavy atom. The molecular formula is C32H34FN7O2S. The van der Waals surface area contributed by atoms with Crippen molar-refractivity contribution in [2.75, 3.05) is 49.6 Å². The van der Waals surface area contributed by atoms with Crippen LogP contribution < -0.4 is 9.80 Å². The first kappa shape index (κ1) is 27.8. The van der Waals surface area contributed by atoms with Gasteiger partial charge >= 0.3 is 0 Å². The highest BCUT2D eigenvalue weighted by Crippen LogP contribution is 2.44. The molecule has 3 fully saturated rings. The number of amides is 1. The summed E-state index contributed by atoms with van der Waals surface area (Å²) in [5.74, 6) is -0.168. The lowest BCUT2D eigenvalue weighted by Crippen LogP contribution is -2.58. The molecule has 3 aliphatic heterocycles. The number of pyridine rings is 1. The summed E-state index contributed by atoms with van der Waals surface area (Å²) in [7, 11) is 1.96. The molecule has 3 aliphatic rings. The molecule has 1 unspecified atom stereocenters. The standard InChI is InChI=1S/C32H34FN7O2S/c1-4-24-29(37(3)31-35-28(27(16-34)43-31)21-7-9-22(33)10-8-21)25-15-23(14-20(2)40(25)36-24)39-18-32(19-39)11-12-38(17-32)30(41)26-6-5-13-42-26/h7-10,14-15,26H,4-6,11-13,17-19H2,1-3H3. The van der Waals surface area contributed by atoms with Gasteiger partial charge in [-0.25, -0.2) is 13.9 Å². The van der Waals surface area contributed by atoms with Gasteiger partial charge in [0.2, 0.25) is 0 Å². The zero-order chi connectivity index (χ0) is 29.9. The Kier molecular flexibility index (Phi) is 6.86. The molecule has 1 aromatic carbocycles. The Labute approximate surface area is 254 Å². The molecule has 11 heteroatoms. The van der Waals surface area contributed by atoms with Crippen molar-refractivity contribution >= 4 is 39.3 Å². The van der Waals surface area contributed by atoms with Crippen LogP contribution in [0, 0.1) is 29.5 Å². The average molecular weight is 600 g/mol. The number of rotatable bonds is 6. The lowest BCUT2D eigenvalue weighted by atomic mass is 9.78. The van der Waals surface area contributed by atoms with E-state index in [2.05, 4.69) is 36.9 Å². The van der Waals surface area contributed by atoms with E-state index in [0.29, 0.717) is 27.9 Å². The highest BCUT2D eigenvalue weighted by atomic mass is 32.1. The second kappa shape index (κ2) is 10.6. The number of likely N-dealkylation sites (tertiary alicyclic amines) is 1. The van der Waals surface area contributed by atoms with Gasteiger partial charge < -0.3 is 19.4 Å². The first-order valence-corrected chi connectivity index (χ1v) is 15.7. The van der Waals surface area contributed by atoms with E-state index in [1.807, 2.05) is 21.4 Å². The van der Waals surface area contributed by atoms with E-state index in [0.717, 1.165) is 80.1 Å². The number of anilines is 3. The van der Waals surface area contributed by atoms with Crippen LogP contribution in [0.4, 0.5) is 20.9 Å². The number of aryl methyl sites for hydroxylation is 2. The number of hydrogen-bond acceptors (Lipinski definition) is 8. The van der Waals surface area contributed by atoms with Crippen LogP contribution in [0.25, 0.3) is 16.8 Å². The van der Waals surface area contributed by atoms with Crippen molar-refractivity contribution in [2.24, 2.45) is 5.41 Å². The van der Waals surface area contributed by atoms with Crippen molar-refractivity contribution in [3.63, 3.8) is 0 Å². The van der Waals surface area contributed by atoms with Crippen molar-refractivity contribution in [1.29, 1.82) is 5.26 Å². The van der Waals surface area contributed by atoms with Gasteiger partial charge in [-0.2, -0.15) is 10.4 Å². The van der Waals surface area contributed by atoms with Crippen LogP contribution in [0.1, 0.15) is 42.5 Å². The van der Waals surface area contributed by atoms with Gasteiger partial charge in [-0.3, -0.25) is 4.79 Å². The fraction of sp³-hybridized carbons (Fsp3) is 0.438. The maximum absolute atomic E-state index is 13.6. The zero-order valence-corrected chi connectivity index (χ0v) is 25.5. The van der Waals surface area contributed by atoms with E-state index in [-0.39, 0.29) is 23.2 Å². The normalized spacial score (nSPS) is 19.3. The van der Waals surface area contributed by atoms with Crippen LogP contribution in [0.2, 0.25) is 0 Å². The maximum Gasteiger partial charge on any atom is 0.251 e. The molecule has 0 bridgehead atoms. The molecule has 4 aromatic rings. The molecule has 3 aromatic heterocycles. The predicted molar refractivity (Wildman–Crippen MR) is 164 cm³/mol. The first-order chi connectivity index (χ1) is 20.8. The van der Waals surface area contributed by atoms with E-state index >= 15 is 0 Å². The predicted octanol–water partition coefficient (Wildman–Crippen LogP) is 5.33. The van der Waals surface area contributed by atoms with Gasteiger partial charge in [-0.15, -0.1) is 0 Å². The topological polar surface area (TPSA) is 90.0 Å².